The standard InChI is InChI=1S/C26H29N5O4/c1-17(2)34-23-7-6-21(15-22(23)16-27)25-29-24(30-35-25)20-5-4-18-8-11-31(12-9-19(18)14-20)13-10-28-26(32)33-3/h4-7,14-15,17H,8-13H2,1-3H3,(H,28,32). The molecule has 35 heavy (non-hydrogen) atoms. The van der Waals surface area contributed by atoms with E-state index in [2.05, 4.69) is 43.3 Å². The summed E-state index contributed by atoms with van der Waals surface area (Å²) in [5.41, 5.74) is 4.55. The Morgan fingerprint density at radius 2 is 1.94 bits per heavy atom. The summed E-state index contributed by atoms with van der Waals surface area (Å²) in [6, 6.07) is 13.7. The van der Waals surface area contributed by atoms with Crippen LogP contribution in [-0.4, -0.2) is 60.5 Å². The van der Waals surface area contributed by atoms with Gasteiger partial charge in [-0.1, -0.05) is 17.3 Å². The highest BCUT2D eigenvalue weighted by Crippen LogP contribution is 2.29. The molecule has 0 spiro atoms. The molecule has 0 radical (unpaired) electrons. The zero-order valence-corrected chi connectivity index (χ0v) is 20.2. The van der Waals surface area contributed by atoms with Gasteiger partial charge >= 0.3 is 6.09 Å². The first-order chi connectivity index (χ1) is 17.0. The number of benzene rings is 2. The van der Waals surface area contributed by atoms with Gasteiger partial charge < -0.3 is 24.2 Å². The van der Waals surface area contributed by atoms with Crippen molar-refractivity contribution in [3.63, 3.8) is 0 Å². The van der Waals surface area contributed by atoms with Crippen molar-refractivity contribution in [3.8, 4) is 34.7 Å². The lowest BCUT2D eigenvalue weighted by atomic mass is 10.00. The molecular formula is C26H29N5O4. The van der Waals surface area contributed by atoms with Gasteiger partial charge in [0.25, 0.3) is 5.89 Å². The summed E-state index contributed by atoms with van der Waals surface area (Å²) in [6.45, 7) is 6.99. The number of carbonyl (C=O) groups is 1. The number of aromatic nitrogens is 2. The predicted octanol–water partition coefficient (Wildman–Crippen LogP) is 3.82. The molecule has 3 aromatic rings. The van der Waals surface area contributed by atoms with Gasteiger partial charge in [0.2, 0.25) is 5.82 Å². The van der Waals surface area contributed by atoms with Gasteiger partial charge in [-0.3, -0.25) is 0 Å². The number of carbonyl (C=O) groups excluding carboxylic acids is 1. The van der Waals surface area contributed by atoms with E-state index < -0.39 is 6.09 Å². The molecule has 2 aromatic carbocycles. The van der Waals surface area contributed by atoms with E-state index in [1.54, 1.807) is 12.1 Å². The van der Waals surface area contributed by atoms with Crippen molar-refractivity contribution in [2.24, 2.45) is 0 Å². The summed E-state index contributed by atoms with van der Waals surface area (Å²) in [4.78, 5) is 18.2. The fourth-order valence-corrected chi connectivity index (χ4v) is 4.09. The minimum absolute atomic E-state index is 0.0280. The third-order valence-electron chi connectivity index (χ3n) is 5.88. The smallest absolute Gasteiger partial charge is 0.406 e. The van der Waals surface area contributed by atoms with E-state index in [4.69, 9.17) is 9.26 Å². The monoisotopic (exact) mass is 475 g/mol. The molecule has 0 bridgehead atoms. The molecule has 0 atom stereocenters. The number of hydrogen-bond acceptors (Lipinski definition) is 8. The van der Waals surface area contributed by atoms with Crippen LogP contribution in [0.5, 0.6) is 5.75 Å². The average molecular weight is 476 g/mol. The van der Waals surface area contributed by atoms with Crippen LogP contribution < -0.4 is 10.1 Å². The van der Waals surface area contributed by atoms with E-state index >= 15 is 0 Å². The third-order valence-corrected chi connectivity index (χ3v) is 5.88. The van der Waals surface area contributed by atoms with Gasteiger partial charge in [-0.2, -0.15) is 10.2 Å². The predicted molar refractivity (Wildman–Crippen MR) is 130 cm³/mol. The molecule has 0 saturated heterocycles. The van der Waals surface area contributed by atoms with Crippen molar-refractivity contribution < 1.29 is 18.8 Å². The van der Waals surface area contributed by atoms with Crippen molar-refractivity contribution >= 4 is 6.09 Å². The maximum atomic E-state index is 11.3. The Labute approximate surface area is 204 Å². The van der Waals surface area contributed by atoms with Crippen LogP contribution in [-0.2, 0) is 17.6 Å². The van der Waals surface area contributed by atoms with E-state index in [1.165, 1.54) is 18.2 Å². The molecule has 0 saturated carbocycles. The Balaban J connectivity index is 1.46. The average Bonchev–Trinajstić information content (AvgIpc) is 3.27. The second kappa shape index (κ2) is 11.0. The first kappa shape index (κ1) is 24.2. The Bertz CT molecular complexity index is 1230. The van der Waals surface area contributed by atoms with Crippen molar-refractivity contribution in [3.05, 3.63) is 53.1 Å². The number of nitriles is 1. The van der Waals surface area contributed by atoms with Crippen LogP contribution >= 0.6 is 0 Å². The topological polar surface area (TPSA) is 114 Å². The van der Waals surface area contributed by atoms with Crippen LogP contribution in [0, 0.1) is 11.3 Å². The molecule has 1 N–H and O–H groups in total. The van der Waals surface area contributed by atoms with Crippen LogP contribution in [0.4, 0.5) is 4.79 Å². The minimum Gasteiger partial charge on any atom is -0.490 e. The van der Waals surface area contributed by atoms with E-state index in [0.29, 0.717) is 35.1 Å². The quantitative estimate of drug-likeness (QED) is 0.549. The van der Waals surface area contributed by atoms with Gasteiger partial charge in [0, 0.05) is 37.3 Å². The Hall–Kier alpha value is -3.90. The molecule has 9 heteroatoms. The second-order valence-electron chi connectivity index (χ2n) is 8.66. The Morgan fingerprint density at radius 3 is 2.69 bits per heavy atom. The minimum atomic E-state index is -0.407. The highest BCUT2D eigenvalue weighted by molar-refractivity contribution is 5.66. The number of fused-ring (bicyclic) bond motifs is 1. The molecule has 1 aliphatic heterocycles. The van der Waals surface area contributed by atoms with E-state index in [0.717, 1.165) is 38.0 Å². The molecule has 4 rings (SSSR count). The largest absolute Gasteiger partial charge is 0.490 e. The number of methoxy groups -OCH3 is 1. The highest BCUT2D eigenvalue weighted by Gasteiger charge is 2.18. The zero-order valence-electron chi connectivity index (χ0n) is 20.2. The SMILES string of the molecule is COC(=O)NCCN1CCc2ccc(-c3noc(-c4ccc(OC(C)C)c(C#N)c4)n3)cc2CC1. The maximum Gasteiger partial charge on any atom is 0.406 e. The van der Waals surface area contributed by atoms with Crippen LogP contribution in [0.1, 0.15) is 30.5 Å². The molecule has 9 nitrogen and oxygen atoms in total. The first-order valence-corrected chi connectivity index (χ1v) is 11.7. The molecule has 1 aliphatic rings. The molecule has 2 heterocycles. The molecular weight excluding hydrogens is 446 g/mol. The molecule has 0 fully saturated rings. The highest BCUT2D eigenvalue weighted by atomic mass is 16.5. The molecule has 0 unspecified atom stereocenters. The van der Waals surface area contributed by atoms with E-state index in [1.807, 2.05) is 26.0 Å². The van der Waals surface area contributed by atoms with Crippen LogP contribution in [0.25, 0.3) is 22.8 Å². The summed E-state index contributed by atoms with van der Waals surface area (Å²) in [5, 5.41) is 16.4. The normalized spacial score (nSPS) is 13.6. The van der Waals surface area contributed by atoms with Gasteiger partial charge in [-0.05, 0) is 62.1 Å². The molecule has 1 aromatic heterocycles. The Kier molecular flexibility index (Phi) is 7.63. The summed E-state index contributed by atoms with van der Waals surface area (Å²) in [6.07, 6.45) is 1.40. The Morgan fingerprint density at radius 1 is 1.17 bits per heavy atom. The molecule has 182 valence electrons. The van der Waals surface area contributed by atoms with Gasteiger partial charge in [0.05, 0.1) is 18.8 Å². The van der Waals surface area contributed by atoms with Crippen molar-refractivity contribution in [1.29, 1.82) is 5.26 Å². The lowest BCUT2D eigenvalue weighted by Crippen LogP contribution is -2.36. The van der Waals surface area contributed by atoms with Crippen molar-refractivity contribution in [1.82, 2.24) is 20.4 Å². The van der Waals surface area contributed by atoms with Crippen LogP contribution in [0.2, 0.25) is 0 Å². The lowest BCUT2D eigenvalue weighted by molar-refractivity contribution is 0.168. The molecule has 1 amide bonds. The van der Waals surface area contributed by atoms with Gasteiger partial charge in [0.1, 0.15) is 11.8 Å². The number of nitrogens with one attached hydrogen (secondary N) is 1. The van der Waals surface area contributed by atoms with Crippen LogP contribution in [0.3, 0.4) is 0 Å². The fourth-order valence-electron chi connectivity index (χ4n) is 4.09. The number of alkyl carbamates (subject to hydrolysis) is 1. The third kappa shape index (κ3) is 5.97. The summed E-state index contributed by atoms with van der Waals surface area (Å²) in [7, 11) is 1.37. The van der Waals surface area contributed by atoms with Gasteiger partial charge in [0.15, 0.2) is 0 Å². The molecule has 0 aliphatic carbocycles. The lowest BCUT2D eigenvalue weighted by Gasteiger charge is -2.19. The van der Waals surface area contributed by atoms with Gasteiger partial charge in [-0.25, -0.2) is 4.79 Å². The number of nitrogens with zero attached hydrogens (tertiary/aromatic N) is 4. The van der Waals surface area contributed by atoms with E-state index in [9.17, 15) is 10.1 Å². The number of rotatable bonds is 7. The van der Waals surface area contributed by atoms with Crippen molar-refractivity contribution in [2.75, 3.05) is 33.3 Å². The maximum absolute atomic E-state index is 11.3. The number of ether oxygens (including phenoxy) is 2. The van der Waals surface area contributed by atoms with Crippen molar-refractivity contribution in [2.45, 2.75) is 32.8 Å². The summed E-state index contributed by atoms with van der Waals surface area (Å²) in [5.74, 6) is 1.39. The fraction of sp³-hybridized carbons (Fsp3) is 0.385. The zero-order chi connectivity index (χ0) is 24.8. The van der Waals surface area contributed by atoms with Crippen LogP contribution in [0.15, 0.2) is 40.9 Å². The first-order valence-electron chi connectivity index (χ1n) is 11.7. The van der Waals surface area contributed by atoms with E-state index in [-0.39, 0.29) is 6.10 Å². The number of amides is 1. The second-order valence-corrected chi connectivity index (χ2v) is 8.66. The number of hydrogen-bond donors (Lipinski definition) is 1. The summed E-state index contributed by atoms with van der Waals surface area (Å²) < 4.78 is 15.8. The van der Waals surface area contributed by atoms with Gasteiger partial charge in [-0.15, -0.1) is 0 Å². The summed E-state index contributed by atoms with van der Waals surface area (Å²) >= 11 is 0.